The molecule has 2 rings (SSSR count). The molecule has 0 aliphatic carbocycles. The summed E-state index contributed by atoms with van der Waals surface area (Å²) in [6, 6.07) is 10.1. The summed E-state index contributed by atoms with van der Waals surface area (Å²) in [4.78, 5) is 27.2. The molecule has 1 unspecified atom stereocenters. The van der Waals surface area contributed by atoms with Crippen molar-refractivity contribution in [3.8, 4) is 0 Å². The van der Waals surface area contributed by atoms with Crippen LogP contribution in [0.25, 0.3) is 0 Å². The van der Waals surface area contributed by atoms with Crippen LogP contribution in [0.2, 0.25) is 0 Å². The minimum Gasteiger partial charge on any atom is -0.389 e. The maximum atomic E-state index is 12.3. The standard InChI is InChI=1S/C17H24N2O3/c1-2-16(21)19-12-15(20)11-18(17(22)13-19)10-6-9-14-7-4-3-5-8-14/h3-5,7-8,15,20H,2,6,9-13H2,1H3. The monoisotopic (exact) mass is 304 g/mol. The van der Waals surface area contributed by atoms with Gasteiger partial charge >= 0.3 is 0 Å². The zero-order valence-electron chi connectivity index (χ0n) is 13.1. The number of hydrogen-bond donors (Lipinski definition) is 1. The maximum Gasteiger partial charge on any atom is 0.242 e. The summed E-state index contributed by atoms with van der Waals surface area (Å²) in [6.07, 6.45) is 1.44. The Hall–Kier alpha value is -1.88. The highest BCUT2D eigenvalue weighted by Gasteiger charge is 2.28. The second-order valence-electron chi connectivity index (χ2n) is 5.71. The number of carbonyl (C=O) groups excluding carboxylic acids is 2. The van der Waals surface area contributed by atoms with Crippen molar-refractivity contribution >= 4 is 11.8 Å². The highest BCUT2D eigenvalue weighted by atomic mass is 16.3. The van der Waals surface area contributed by atoms with E-state index in [0.717, 1.165) is 12.8 Å². The second-order valence-corrected chi connectivity index (χ2v) is 5.71. The largest absolute Gasteiger partial charge is 0.389 e. The quantitative estimate of drug-likeness (QED) is 0.885. The van der Waals surface area contributed by atoms with Crippen LogP contribution >= 0.6 is 0 Å². The lowest BCUT2D eigenvalue weighted by atomic mass is 10.1. The average Bonchev–Trinajstić information content (AvgIpc) is 2.66. The third-order valence-corrected chi connectivity index (χ3v) is 3.93. The van der Waals surface area contributed by atoms with E-state index in [0.29, 0.717) is 19.5 Å². The van der Waals surface area contributed by atoms with E-state index >= 15 is 0 Å². The van der Waals surface area contributed by atoms with Crippen LogP contribution in [0.1, 0.15) is 25.3 Å². The molecule has 0 spiro atoms. The Balaban J connectivity index is 1.88. The van der Waals surface area contributed by atoms with Crippen molar-refractivity contribution in [1.82, 2.24) is 9.80 Å². The van der Waals surface area contributed by atoms with Gasteiger partial charge in [0, 0.05) is 26.1 Å². The van der Waals surface area contributed by atoms with Crippen LogP contribution in [0, 0.1) is 0 Å². The molecule has 0 bridgehead atoms. The Bertz CT molecular complexity index is 504. The number of aliphatic hydroxyl groups is 1. The zero-order valence-corrected chi connectivity index (χ0v) is 13.1. The van der Waals surface area contributed by atoms with Crippen LogP contribution in [0.4, 0.5) is 0 Å². The molecule has 0 radical (unpaired) electrons. The minimum absolute atomic E-state index is 0.0774. The normalized spacial score (nSPS) is 19.2. The zero-order chi connectivity index (χ0) is 15.9. The Morgan fingerprint density at radius 1 is 1.27 bits per heavy atom. The molecule has 1 aliphatic heterocycles. The van der Waals surface area contributed by atoms with Crippen molar-refractivity contribution in [1.29, 1.82) is 0 Å². The summed E-state index contributed by atoms with van der Waals surface area (Å²) < 4.78 is 0. The first kappa shape index (κ1) is 16.5. The molecular weight excluding hydrogens is 280 g/mol. The molecule has 1 N–H and O–H groups in total. The van der Waals surface area contributed by atoms with E-state index in [-0.39, 0.29) is 24.9 Å². The van der Waals surface area contributed by atoms with Crippen molar-refractivity contribution in [2.45, 2.75) is 32.3 Å². The molecule has 0 saturated carbocycles. The first-order valence-electron chi connectivity index (χ1n) is 7.87. The number of benzene rings is 1. The van der Waals surface area contributed by atoms with Gasteiger partial charge in [-0.05, 0) is 18.4 Å². The summed E-state index contributed by atoms with van der Waals surface area (Å²) in [7, 11) is 0. The average molecular weight is 304 g/mol. The van der Waals surface area contributed by atoms with Gasteiger partial charge in [0.15, 0.2) is 0 Å². The third-order valence-electron chi connectivity index (χ3n) is 3.93. The van der Waals surface area contributed by atoms with Gasteiger partial charge in [-0.15, -0.1) is 0 Å². The second kappa shape index (κ2) is 7.94. The number of rotatable bonds is 5. The van der Waals surface area contributed by atoms with E-state index in [2.05, 4.69) is 12.1 Å². The highest BCUT2D eigenvalue weighted by Crippen LogP contribution is 2.09. The Labute approximate surface area is 131 Å². The lowest BCUT2D eigenvalue weighted by molar-refractivity contribution is -0.138. The SMILES string of the molecule is CCC(=O)N1CC(=O)N(CCCc2ccccc2)CC(O)C1. The van der Waals surface area contributed by atoms with Crippen LogP contribution < -0.4 is 0 Å². The smallest absolute Gasteiger partial charge is 0.242 e. The van der Waals surface area contributed by atoms with Crippen LogP contribution in [0.5, 0.6) is 0 Å². The number of amides is 2. The summed E-state index contributed by atoms with van der Waals surface area (Å²) >= 11 is 0. The predicted octanol–water partition coefficient (Wildman–Crippen LogP) is 1.06. The number of nitrogens with zero attached hydrogens (tertiary/aromatic N) is 2. The number of β-amino-alcohol motifs (C(OH)–C–C–N with tert-alkyl or cyclic N) is 1. The number of aliphatic hydroxyl groups excluding tert-OH is 1. The van der Waals surface area contributed by atoms with Crippen LogP contribution in [-0.2, 0) is 16.0 Å². The number of carbonyl (C=O) groups is 2. The van der Waals surface area contributed by atoms with E-state index in [9.17, 15) is 14.7 Å². The molecule has 1 atom stereocenters. The Morgan fingerprint density at radius 3 is 2.68 bits per heavy atom. The van der Waals surface area contributed by atoms with Crippen molar-refractivity contribution in [3.63, 3.8) is 0 Å². The predicted molar refractivity (Wildman–Crippen MR) is 84.2 cm³/mol. The lowest BCUT2D eigenvalue weighted by Crippen LogP contribution is -2.39. The summed E-state index contributed by atoms with van der Waals surface area (Å²) in [5.41, 5.74) is 1.24. The summed E-state index contributed by atoms with van der Waals surface area (Å²) in [5.74, 6) is -0.162. The number of hydrogen-bond acceptors (Lipinski definition) is 3. The summed E-state index contributed by atoms with van der Waals surface area (Å²) in [6.45, 7) is 3.00. The number of aryl methyl sites for hydroxylation is 1. The van der Waals surface area contributed by atoms with Crippen LogP contribution in [0.3, 0.4) is 0 Å². The van der Waals surface area contributed by atoms with Gasteiger partial charge in [0.05, 0.1) is 12.6 Å². The maximum absolute atomic E-state index is 12.3. The molecule has 1 aromatic carbocycles. The molecule has 5 nitrogen and oxygen atoms in total. The molecule has 1 heterocycles. The van der Waals surface area contributed by atoms with Gasteiger partial charge in [-0.3, -0.25) is 9.59 Å². The van der Waals surface area contributed by atoms with Crippen LogP contribution in [-0.4, -0.2) is 59.0 Å². The molecule has 1 aliphatic rings. The lowest BCUT2D eigenvalue weighted by Gasteiger charge is -2.21. The van der Waals surface area contributed by atoms with Crippen molar-refractivity contribution < 1.29 is 14.7 Å². The molecule has 1 aromatic rings. The van der Waals surface area contributed by atoms with Gasteiger partial charge in [-0.1, -0.05) is 37.3 Å². The van der Waals surface area contributed by atoms with Gasteiger partial charge in [-0.2, -0.15) is 0 Å². The van der Waals surface area contributed by atoms with Gasteiger partial charge in [0.1, 0.15) is 0 Å². The molecular formula is C17H24N2O3. The molecule has 0 aromatic heterocycles. The first-order valence-corrected chi connectivity index (χ1v) is 7.87. The van der Waals surface area contributed by atoms with Gasteiger partial charge in [-0.25, -0.2) is 0 Å². The molecule has 5 heteroatoms. The fourth-order valence-corrected chi connectivity index (χ4v) is 2.74. The van der Waals surface area contributed by atoms with Crippen molar-refractivity contribution in [2.75, 3.05) is 26.2 Å². The van der Waals surface area contributed by atoms with Crippen LogP contribution in [0.15, 0.2) is 30.3 Å². The van der Waals surface area contributed by atoms with Gasteiger partial charge < -0.3 is 14.9 Å². The topological polar surface area (TPSA) is 60.9 Å². The van der Waals surface area contributed by atoms with E-state index in [1.54, 1.807) is 11.8 Å². The van der Waals surface area contributed by atoms with Gasteiger partial charge in [0.2, 0.25) is 11.8 Å². The molecule has 1 saturated heterocycles. The van der Waals surface area contributed by atoms with Crippen molar-refractivity contribution in [2.24, 2.45) is 0 Å². The highest BCUT2D eigenvalue weighted by molar-refractivity contribution is 5.85. The van der Waals surface area contributed by atoms with Crippen molar-refractivity contribution in [3.05, 3.63) is 35.9 Å². The van der Waals surface area contributed by atoms with E-state index in [1.165, 1.54) is 10.5 Å². The molecule has 22 heavy (non-hydrogen) atoms. The van der Waals surface area contributed by atoms with E-state index in [4.69, 9.17) is 0 Å². The molecule has 1 fully saturated rings. The molecule has 2 amide bonds. The van der Waals surface area contributed by atoms with E-state index < -0.39 is 6.10 Å². The van der Waals surface area contributed by atoms with Gasteiger partial charge in [0.25, 0.3) is 0 Å². The Morgan fingerprint density at radius 2 is 2.00 bits per heavy atom. The van der Waals surface area contributed by atoms with E-state index in [1.807, 2.05) is 18.2 Å². The fraction of sp³-hybridized carbons (Fsp3) is 0.529. The third kappa shape index (κ3) is 4.56. The Kier molecular flexibility index (Phi) is 5.95. The fourth-order valence-electron chi connectivity index (χ4n) is 2.74. The summed E-state index contributed by atoms with van der Waals surface area (Å²) in [5, 5.41) is 10.0. The molecule has 120 valence electrons. The minimum atomic E-state index is -0.668. The first-order chi connectivity index (χ1) is 10.6.